The molecule has 0 spiro atoms. The van der Waals surface area contributed by atoms with E-state index in [9.17, 15) is 0 Å². The molecule has 102 valence electrons. The Kier molecular flexibility index (Phi) is 4.12. The van der Waals surface area contributed by atoms with Gasteiger partial charge in [-0.2, -0.15) is 0 Å². The first-order valence-corrected chi connectivity index (χ1v) is 7.93. The van der Waals surface area contributed by atoms with Crippen LogP contribution in [0.3, 0.4) is 0 Å². The number of nitrogens with one attached hydrogen (secondary N) is 1. The van der Waals surface area contributed by atoms with Crippen molar-refractivity contribution in [3.05, 3.63) is 15.6 Å². The number of aromatic nitrogens is 1. The maximum absolute atomic E-state index is 4.91. The summed E-state index contributed by atoms with van der Waals surface area (Å²) in [5, 5.41) is 4.98. The smallest absolute Gasteiger partial charge is 0.0962 e. The molecule has 2 nitrogen and oxygen atoms in total. The van der Waals surface area contributed by atoms with E-state index in [0.717, 1.165) is 12.5 Å². The summed E-state index contributed by atoms with van der Waals surface area (Å²) in [7, 11) is 0. The molecule has 0 atom stereocenters. The topological polar surface area (TPSA) is 24.9 Å². The lowest BCUT2D eigenvalue weighted by molar-refractivity contribution is 0.417. The van der Waals surface area contributed by atoms with Crippen LogP contribution >= 0.6 is 11.3 Å². The average molecular weight is 266 g/mol. The molecule has 2 rings (SSSR count). The van der Waals surface area contributed by atoms with Crippen LogP contribution < -0.4 is 5.32 Å². The molecular weight excluding hydrogens is 240 g/mol. The van der Waals surface area contributed by atoms with Gasteiger partial charge in [-0.25, -0.2) is 4.98 Å². The quantitative estimate of drug-likeness (QED) is 0.872. The summed E-state index contributed by atoms with van der Waals surface area (Å²) >= 11 is 1.94. The highest BCUT2D eigenvalue weighted by Gasteiger charge is 2.25. The second-order valence-corrected chi connectivity index (χ2v) is 7.86. The van der Waals surface area contributed by atoms with Gasteiger partial charge < -0.3 is 5.32 Å². The molecule has 1 aliphatic rings. The van der Waals surface area contributed by atoms with Gasteiger partial charge in [0.25, 0.3) is 0 Å². The van der Waals surface area contributed by atoms with Crippen LogP contribution in [-0.2, 0) is 6.54 Å². The number of nitrogens with zero attached hydrogens (tertiary/aromatic N) is 1. The SMILES string of the molecule is CC(C)c1nc(C2CCC2)sc1CNC(C)(C)C. The Labute approximate surface area is 115 Å². The van der Waals surface area contributed by atoms with Gasteiger partial charge in [-0.15, -0.1) is 11.3 Å². The number of hydrogen-bond donors (Lipinski definition) is 1. The fourth-order valence-corrected chi connectivity index (χ4v) is 3.46. The zero-order valence-corrected chi connectivity index (χ0v) is 13.2. The first-order valence-electron chi connectivity index (χ1n) is 7.11. The van der Waals surface area contributed by atoms with E-state index in [1.807, 2.05) is 11.3 Å². The van der Waals surface area contributed by atoms with E-state index in [1.165, 1.54) is 34.8 Å². The molecule has 0 saturated heterocycles. The van der Waals surface area contributed by atoms with E-state index in [4.69, 9.17) is 4.98 Å². The molecule has 1 aliphatic carbocycles. The molecule has 1 fully saturated rings. The summed E-state index contributed by atoms with van der Waals surface area (Å²) < 4.78 is 0. The number of rotatable bonds is 4. The monoisotopic (exact) mass is 266 g/mol. The highest BCUT2D eigenvalue weighted by molar-refractivity contribution is 7.11. The third-order valence-electron chi connectivity index (χ3n) is 3.52. The number of thiazole rings is 1. The molecule has 1 aromatic rings. The predicted molar refractivity (Wildman–Crippen MR) is 79.4 cm³/mol. The van der Waals surface area contributed by atoms with Crippen molar-refractivity contribution in [1.82, 2.24) is 10.3 Å². The lowest BCUT2D eigenvalue weighted by atomic mass is 9.86. The summed E-state index contributed by atoms with van der Waals surface area (Å²) in [6.45, 7) is 12.1. The highest BCUT2D eigenvalue weighted by atomic mass is 32.1. The lowest BCUT2D eigenvalue weighted by Crippen LogP contribution is -2.35. The Hall–Kier alpha value is -0.410. The largest absolute Gasteiger partial charge is 0.307 e. The Morgan fingerprint density at radius 2 is 2.00 bits per heavy atom. The molecule has 0 aliphatic heterocycles. The zero-order chi connectivity index (χ0) is 13.3. The van der Waals surface area contributed by atoms with Gasteiger partial charge >= 0.3 is 0 Å². The molecule has 0 radical (unpaired) electrons. The molecule has 1 N–H and O–H groups in total. The molecule has 1 heterocycles. The van der Waals surface area contributed by atoms with Crippen molar-refractivity contribution >= 4 is 11.3 Å². The summed E-state index contributed by atoms with van der Waals surface area (Å²) in [4.78, 5) is 6.36. The van der Waals surface area contributed by atoms with E-state index >= 15 is 0 Å². The first-order chi connectivity index (χ1) is 8.37. The van der Waals surface area contributed by atoms with Crippen molar-refractivity contribution in [1.29, 1.82) is 0 Å². The zero-order valence-electron chi connectivity index (χ0n) is 12.3. The van der Waals surface area contributed by atoms with Crippen LogP contribution in [0.1, 0.15) is 81.3 Å². The molecule has 3 heteroatoms. The Morgan fingerprint density at radius 3 is 2.44 bits per heavy atom. The third-order valence-corrected chi connectivity index (χ3v) is 4.76. The van der Waals surface area contributed by atoms with Crippen LogP contribution in [-0.4, -0.2) is 10.5 Å². The van der Waals surface area contributed by atoms with Crippen LogP contribution in [0.2, 0.25) is 0 Å². The van der Waals surface area contributed by atoms with Gasteiger partial charge in [0.15, 0.2) is 0 Å². The van der Waals surface area contributed by atoms with E-state index in [2.05, 4.69) is 39.9 Å². The van der Waals surface area contributed by atoms with Gasteiger partial charge in [0.05, 0.1) is 10.7 Å². The van der Waals surface area contributed by atoms with E-state index < -0.39 is 0 Å². The fraction of sp³-hybridized carbons (Fsp3) is 0.800. The molecule has 0 bridgehead atoms. The predicted octanol–water partition coefficient (Wildman–Crippen LogP) is 4.42. The molecule has 0 amide bonds. The fourth-order valence-electron chi connectivity index (χ4n) is 2.14. The van der Waals surface area contributed by atoms with Crippen LogP contribution in [0, 0.1) is 0 Å². The van der Waals surface area contributed by atoms with Crippen LogP contribution in [0.4, 0.5) is 0 Å². The van der Waals surface area contributed by atoms with Crippen molar-refractivity contribution in [2.45, 2.75) is 77.8 Å². The van der Waals surface area contributed by atoms with Crippen molar-refractivity contribution in [3.63, 3.8) is 0 Å². The minimum atomic E-state index is 0.175. The standard InChI is InChI=1S/C15H26N2S/c1-10(2)13-12(9-16-15(3,4)5)18-14(17-13)11-7-6-8-11/h10-11,16H,6-9H2,1-5H3. The van der Waals surface area contributed by atoms with Gasteiger partial charge in [0, 0.05) is 22.9 Å². The maximum atomic E-state index is 4.91. The van der Waals surface area contributed by atoms with Crippen molar-refractivity contribution in [2.75, 3.05) is 0 Å². The number of hydrogen-bond acceptors (Lipinski definition) is 3. The van der Waals surface area contributed by atoms with Crippen molar-refractivity contribution < 1.29 is 0 Å². The summed E-state index contributed by atoms with van der Waals surface area (Å²) in [5.74, 6) is 1.29. The second kappa shape index (κ2) is 5.30. The third kappa shape index (κ3) is 3.33. The summed E-state index contributed by atoms with van der Waals surface area (Å²) in [6, 6.07) is 0. The summed E-state index contributed by atoms with van der Waals surface area (Å²) in [6.07, 6.45) is 4.07. The van der Waals surface area contributed by atoms with Gasteiger partial charge in [0.1, 0.15) is 0 Å². The van der Waals surface area contributed by atoms with Gasteiger partial charge in [-0.1, -0.05) is 20.3 Å². The molecule has 0 unspecified atom stereocenters. The highest BCUT2D eigenvalue weighted by Crippen LogP contribution is 2.40. The first kappa shape index (κ1) is 14.0. The van der Waals surface area contributed by atoms with Crippen LogP contribution in [0.15, 0.2) is 0 Å². The minimum Gasteiger partial charge on any atom is -0.307 e. The van der Waals surface area contributed by atoms with Crippen LogP contribution in [0.25, 0.3) is 0 Å². The Morgan fingerprint density at radius 1 is 1.33 bits per heavy atom. The minimum absolute atomic E-state index is 0.175. The van der Waals surface area contributed by atoms with Crippen LogP contribution in [0.5, 0.6) is 0 Å². The van der Waals surface area contributed by atoms with E-state index in [-0.39, 0.29) is 5.54 Å². The van der Waals surface area contributed by atoms with Gasteiger partial charge in [-0.3, -0.25) is 0 Å². The van der Waals surface area contributed by atoms with Crippen molar-refractivity contribution in [3.8, 4) is 0 Å². The summed E-state index contributed by atoms with van der Waals surface area (Å²) in [5.41, 5.74) is 1.49. The normalized spacial score (nSPS) is 17.2. The maximum Gasteiger partial charge on any atom is 0.0962 e. The second-order valence-electron chi connectivity index (χ2n) is 6.75. The lowest BCUT2D eigenvalue weighted by Gasteiger charge is -2.22. The van der Waals surface area contributed by atoms with Crippen molar-refractivity contribution in [2.24, 2.45) is 0 Å². The molecule has 1 saturated carbocycles. The molecule has 1 aromatic heterocycles. The Balaban J connectivity index is 2.13. The van der Waals surface area contributed by atoms with E-state index in [1.54, 1.807) is 0 Å². The Bertz CT molecular complexity index is 397. The molecular formula is C15H26N2S. The van der Waals surface area contributed by atoms with Gasteiger partial charge in [-0.05, 0) is 39.5 Å². The van der Waals surface area contributed by atoms with Gasteiger partial charge in [0.2, 0.25) is 0 Å². The molecule has 18 heavy (non-hydrogen) atoms. The average Bonchev–Trinajstić information content (AvgIpc) is 2.55. The van der Waals surface area contributed by atoms with E-state index in [0.29, 0.717) is 5.92 Å². The molecule has 0 aromatic carbocycles.